The molecular formula is C14H21F2NO. The molecule has 0 saturated carbocycles. The zero-order chi connectivity index (χ0) is 13.8. The molecule has 0 aliphatic heterocycles. The third-order valence-electron chi connectivity index (χ3n) is 3.13. The van der Waals surface area contributed by atoms with Crippen molar-refractivity contribution < 1.29 is 13.5 Å². The van der Waals surface area contributed by atoms with Gasteiger partial charge in [-0.05, 0) is 51.9 Å². The predicted octanol–water partition coefficient (Wildman–Crippen LogP) is 2.91. The summed E-state index contributed by atoms with van der Waals surface area (Å²) < 4.78 is 31.7. The lowest BCUT2D eigenvalue weighted by molar-refractivity contribution is -0.0363. The highest BCUT2D eigenvalue weighted by Crippen LogP contribution is 2.19. The maximum absolute atomic E-state index is 13.2. The summed E-state index contributed by atoms with van der Waals surface area (Å²) in [5.74, 6) is -1.62. The van der Waals surface area contributed by atoms with Crippen LogP contribution in [-0.2, 0) is 11.2 Å². The monoisotopic (exact) mass is 257 g/mol. The molecule has 0 aliphatic rings. The average molecular weight is 257 g/mol. The van der Waals surface area contributed by atoms with Gasteiger partial charge >= 0.3 is 0 Å². The first-order chi connectivity index (χ1) is 8.40. The van der Waals surface area contributed by atoms with Gasteiger partial charge in [0.05, 0.1) is 5.60 Å². The van der Waals surface area contributed by atoms with Crippen molar-refractivity contribution >= 4 is 0 Å². The Labute approximate surface area is 107 Å². The summed E-state index contributed by atoms with van der Waals surface area (Å²) in [6, 6.07) is 4.03. The molecule has 1 N–H and O–H groups in total. The summed E-state index contributed by atoms with van der Waals surface area (Å²) in [6.07, 6.45) is 0.584. The van der Waals surface area contributed by atoms with Crippen molar-refractivity contribution in [1.82, 2.24) is 5.32 Å². The van der Waals surface area contributed by atoms with Crippen LogP contribution in [0.15, 0.2) is 18.2 Å². The number of nitrogens with one attached hydrogen (secondary N) is 1. The standard InChI is InChI=1S/C14H21F2NO/c1-5-18-14(2,3)13(17-4)9-10-6-7-11(15)12(16)8-10/h6-8,13,17H,5,9H2,1-4H3. The molecule has 0 amide bonds. The van der Waals surface area contributed by atoms with E-state index in [9.17, 15) is 8.78 Å². The zero-order valence-electron chi connectivity index (χ0n) is 11.4. The number of likely N-dealkylation sites (N-methyl/N-ethyl adjacent to an activating group) is 1. The van der Waals surface area contributed by atoms with Gasteiger partial charge in [0.2, 0.25) is 0 Å². The van der Waals surface area contributed by atoms with Crippen LogP contribution in [0.4, 0.5) is 8.78 Å². The highest BCUT2D eigenvalue weighted by molar-refractivity contribution is 5.19. The largest absolute Gasteiger partial charge is 0.374 e. The number of hydrogen-bond acceptors (Lipinski definition) is 2. The molecule has 0 radical (unpaired) electrons. The van der Waals surface area contributed by atoms with E-state index in [2.05, 4.69) is 5.32 Å². The SMILES string of the molecule is CCOC(C)(C)C(Cc1ccc(F)c(F)c1)NC. The molecule has 1 aromatic carbocycles. The van der Waals surface area contributed by atoms with E-state index in [4.69, 9.17) is 4.74 Å². The molecule has 0 spiro atoms. The molecular weight excluding hydrogens is 236 g/mol. The number of rotatable bonds is 6. The lowest BCUT2D eigenvalue weighted by atomic mass is 9.92. The van der Waals surface area contributed by atoms with E-state index in [0.717, 1.165) is 11.6 Å². The highest BCUT2D eigenvalue weighted by Gasteiger charge is 2.28. The van der Waals surface area contributed by atoms with E-state index in [-0.39, 0.29) is 11.6 Å². The van der Waals surface area contributed by atoms with Crippen LogP contribution in [0.25, 0.3) is 0 Å². The molecule has 1 rings (SSSR count). The van der Waals surface area contributed by atoms with Gasteiger partial charge in [0.15, 0.2) is 11.6 Å². The summed E-state index contributed by atoms with van der Waals surface area (Å²) in [6.45, 7) is 6.52. The Hall–Kier alpha value is -1.00. The number of benzene rings is 1. The minimum absolute atomic E-state index is 0.0299. The summed E-state index contributed by atoms with van der Waals surface area (Å²) in [5.41, 5.74) is 0.384. The normalized spacial score (nSPS) is 13.7. The van der Waals surface area contributed by atoms with Gasteiger partial charge in [0.25, 0.3) is 0 Å². The summed E-state index contributed by atoms with van der Waals surface area (Å²) in [7, 11) is 1.84. The lowest BCUT2D eigenvalue weighted by Crippen LogP contribution is -2.48. The van der Waals surface area contributed by atoms with Crippen LogP contribution in [0.1, 0.15) is 26.3 Å². The third kappa shape index (κ3) is 3.75. The highest BCUT2D eigenvalue weighted by atomic mass is 19.2. The Kier molecular flexibility index (Phi) is 5.23. The molecule has 18 heavy (non-hydrogen) atoms. The minimum atomic E-state index is -0.816. The van der Waals surface area contributed by atoms with Crippen LogP contribution < -0.4 is 5.32 Å². The van der Waals surface area contributed by atoms with Gasteiger partial charge in [0.1, 0.15) is 0 Å². The first-order valence-corrected chi connectivity index (χ1v) is 6.16. The molecule has 0 heterocycles. The first-order valence-electron chi connectivity index (χ1n) is 6.16. The second-order valence-corrected chi connectivity index (χ2v) is 4.83. The fourth-order valence-corrected chi connectivity index (χ4v) is 2.07. The summed E-state index contributed by atoms with van der Waals surface area (Å²) >= 11 is 0. The van der Waals surface area contributed by atoms with Gasteiger partial charge in [-0.25, -0.2) is 8.78 Å². The molecule has 0 aromatic heterocycles. The maximum atomic E-state index is 13.2. The quantitative estimate of drug-likeness (QED) is 0.846. The molecule has 0 saturated heterocycles. The van der Waals surface area contributed by atoms with Gasteiger partial charge < -0.3 is 10.1 Å². The number of ether oxygens (including phenoxy) is 1. The van der Waals surface area contributed by atoms with Crippen LogP contribution in [0.2, 0.25) is 0 Å². The van der Waals surface area contributed by atoms with Crippen molar-refractivity contribution in [3.05, 3.63) is 35.4 Å². The fourth-order valence-electron chi connectivity index (χ4n) is 2.07. The molecule has 4 heteroatoms. The van der Waals surface area contributed by atoms with Crippen molar-refractivity contribution in [2.45, 2.75) is 38.8 Å². The van der Waals surface area contributed by atoms with E-state index < -0.39 is 11.6 Å². The average Bonchev–Trinajstić information content (AvgIpc) is 2.30. The minimum Gasteiger partial charge on any atom is -0.374 e. The van der Waals surface area contributed by atoms with Crippen molar-refractivity contribution in [1.29, 1.82) is 0 Å². The Balaban J connectivity index is 2.82. The molecule has 2 nitrogen and oxygen atoms in total. The van der Waals surface area contributed by atoms with Gasteiger partial charge in [-0.1, -0.05) is 6.07 Å². The van der Waals surface area contributed by atoms with Crippen LogP contribution in [-0.4, -0.2) is 25.3 Å². The van der Waals surface area contributed by atoms with E-state index in [1.807, 2.05) is 27.8 Å². The van der Waals surface area contributed by atoms with Gasteiger partial charge in [-0.2, -0.15) is 0 Å². The van der Waals surface area contributed by atoms with Gasteiger partial charge in [-0.15, -0.1) is 0 Å². The fraction of sp³-hybridized carbons (Fsp3) is 0.571. The second-order valence-electron chi connectivity index (χ2n) is 4.83. The number of hydrogen-bond donors (Lipinski definition) is 1. The van der Waals surface area contributed by atoms with E-state index in [1.165, 1.54) is 6.07 Å². The maximum Gasteiger partial charge on any atom is 0.159 e. The summed E-state index contributed by atoms with van der Waals surface area (Å²) in [4.78, 5) is 0. The molecule has 1 atom stereocenters. The Morgan fingerprint density at radius 3 is 2.44 bits per heavy atom. The van der Waals surface area contributed by atoms with Crippen molar-refractivity contribution in [2.24, 2.45) is 0 Å². The topological polar surface area (TPSA) is 21.3 Å². The zero-order valence-corrected chi connectivity index (χ0v) is 11.4. The second kappa shape index (κ2) is 6.25. The lowest BCUT2D eigenvalue weighted by Gasteiger charge is -2.34. The third-order valence-corrected chi connectivity index (χ3v) is 3.13. The van der Waals surface area contributed by atoms with Crippen molar-refractivity contribution in [3.8, 4) is 0 Å². The Bertz CT molecular complexity index is 393. The van der Waals surface area contributed by atoms with E-state index >= 15 is 0 Å². The van der Waals surface area contributed by atoms with Gasteiger partial charge in [0, 0.05) is 12.6 Å². The van der Waals surface area contributed by atoms with Crippen LogP contribution in [0, 0.1) is 11.6 Å². The van der Waals surface area contributed by atoms with Crippen LogP contribution in [0.3, 0.4) is 0 Å². The van der Waals surface area contributed by atoms with E-state index in [0.29, 0.717) is 13.0 Å². The Morgan fingerprint density at radius 2 is 1.94 bits per heavy atom. The van der Waals surface area contributed by atoms with Crippen molar-refractivity contribution in [2.75, 3.05) is 13.7 Å². The van der Waals surface area contributed by atoms with Crippen molar-refractivity contribution in [3.63, 3.8) is 0 Å². The summed E-state index contributed by atoms with van der Waals surface area (Å²) in [5, 5.41) is 3.17. The molecule has 102 valence electrons. The predicted molar refractivity (Wildman–Crippen MR) is 68.6 cm³/mol. The molecule has 0 bridgehead atoms. The number of halogens is 2. The van der Waals surface area contributed by atoms with E-state index in [1.54, 1.807) is 6.07 Å². The Morgan fingerprint density at radius 1 is 1.28 bits per heavy atom. The van der Waals surface area contributed by atoms with Crippen LogP contribution in [0.5, 0.6) is 0 Å². The smallest absolute Gasteiger partial charge is 0.159 e. The molecule has 0 aliphatic carbocycles. The molecule has 1 aromatic rings. The van der Waals surface area contributed by atoms with Gasteiger partial charge in [-0.3, -0.25) is 0 Å². The van der Waals surface area contributed by atoms with Crippen LogP contribution >= 0.6 is 0 Å². The first kappa shape index (κ1) is 15.1. The molecule has 0 fully saturated rings. The molecule has 1 unspecified atom stereocenters.